The largest absolute Gasteiger partial charge is 0.496 e. The van der Waals surface area contributed by atoms with Gasteiger partial charge in [-0.3, -0.25) is 14.7 Å². The van der Waals surface area contributed by atoms with Crippen molar-refractivity contribution in [3.05, 3.63) is 81.8 Å². The summed E-state index contributed by atoms with van der Waals surface area (Å²) >= 11 is 1.47. The van der Waals surface area contributed by atoms with Crippen molar-refractivity contribution >= 4 is 17.2 Å². The Kier molecular flexibility index (Phi) is 6.99. The minimum Gasteiger partial charge on any atom is -0.496 e. The average Bonchev–Trinajstić information content (AvgIpc) is 3.33. The number of hydrogen-bond acceptors (Lipinski definition) is 5. The summed E-state index contributed by atoms with van der Waals surface area (Å²) in [7, 11) is 1.74. The number of aryl methyl sites for hydroxylation is 1. The fourth-order valence-electron chi connectivity index (χ4n) is 4.49. The zero-order valence-electron chi connectivity index (χ0n) is 18.1. The van der Waals surface area contributed by atoms with Gasteiger partial charge in [0, 0.05) is 24.8 Å². The summed E-state index contributed by atoms with van der Waals surface area (Å²) in [6.45, 7) is 4.87. The molecule has 2 atom stereocenters. The highest BCUT2D eigenvalue weighted by Crippen LogP contribution is 2.32. The van der Waals surface area contributed by atoms with Crippen LogP contribution in [-0.2, 0) is 6.54 Å². The van der Waals surface area contributed by atoms with Gasteiger partial charge in [0.1, 0.15) is 5.75 Å². The van der Waals surface area contributed by atoms with Gasteiger partial charge in [-0.1, -0.05) is 30.3 Å². The third-order valence-corrected chi connectivity index (χ3v) is 6.81. The standard InChI is InChI=1S/C25H29N3O2S/c1-18-8-5-9-20(24(18)30-2)17-28-14-6-10-19(16-28)23(21-11-3-4-13-26-21)27-25(29)22-12-7-15-31-22/h3-5,7-9,11-13,15,19,23H,6,10,14,16-17H2,1-2H3,(H,27,29). The Hall–Kier alpha value is -2.70. The molecule has 1 aliphatic rings. The fourth-order valence-corrected chi connectivity index (χ4v) is 5.12. The van der Waals surface area contributed by atoms with Gasteiger partial charge in [-0.15, -0.1) is 11.3 Å². The molecule has 2 aromatic heterocycles. The van der Waals surface area contributed by atoms with E-state index < -0.39 is 0 Å². The zero-order chi connectivity index (χ0) is 21.6. The molecule has 162 valence electrons. The summed E-state index contributed by atoms with van der Waals surface area (Å²) in [6.07, 6.45) is 3.96. The maximum Gasteiger partial charge on any atom is 0.261 e. The first-order valence-corrected chi connectivity index (χ1v) is 11.6. The number of likely N-dealkylation sites (tertiary alicyclic amines) is 1. The van der Waals surface area contributed by atoms with E-state index in [1.54, 1.807) is 13.3 Å². The van der Waals surface area contributed by atoms with E-state index in [-0.39, 0.29) is 11.9 Å². The molecule has 1 amide bonds. The van der Waals surface area contributed by atoms with Gasteiger partial charge in [-0.25, -0.2) is 0 Å². The van der Waals surface area contributed by atoms with Gasteiger partial charge in [0.15, 0.2) is 0 Å². The molecule has 0 aliphatic carbocycles. The number of piperidine rings is 1. The van der Waals surface area contributed by atoms with Gasteiger partial charge in [-0.05, 0) is 61.4 Å². The van der Waals surface area contributed by atoms with Crippen molar-refractivity contribution in [2.75, 3.05) is 20.2 Å². The molecular formula is C25H29N3O2S. The normalized spacial score (nSPS) is 17.8. The van der Waals surface area contributed by atoms with E-state index in [4.69, 9.17) is 4.74 Å². The van der Waals surface area contributed by atoms with Crippen LogP contribution in [0.1, 0.15) is 45.4 Å². The van der Waals surface area contributed by atoms with E-state index >= 15 is 0 Å². The average molecular weight is 436 g/mol. The number of para-hydroxylation sites is 1. The van der Waals surface area contributed by atoms with Crippen LogP contribution in [0.4, 0.5) is 0 Å². The van der Waals surface area contributed by atoms with Crippen LogP contribution in [0.15, 0.2) is 60.1 Å². The lowest BCUT2D eigenvalue weighted by atomic mass is 9.88. The number of nitrogens with one attached hydrogen (secondary N) is 1. The Morgan fingerprint density at radius 3 is 2.90 bits per heavy atom. The Balaban J connectivity index is 1.53. The van der Waals surface area contributed by atoms with Crippen molar-refractivity contribution in [2.45, 2.75) is 32.4 Å². The van der Waals surface area contributed by atoms with Gasteiger partial charge in [-0.2, -0.15) is 0 Å². The number of carbonyl (C=O) groups is 1. The lowest BCUT2D eigenvalue weighted by molar-refractivity contribution is 0.0878. The summed E-state index contributed by atoms with van der Waals surface area (Å²) < 4.78 is 5.66. The number of nitrogens with zero attached hydrogens (tertiary/aromatic N) is 2. The highest BCUT2D eigenvalue weighted by Gasteiger charge is 2.31. The Labute approximate surface area is 188 Å². The highest BCUT2D eigenvalue weighted by molar-refractivity contribution is 7.12. The lowest BCUT2D eigenvalue weighted by Crippen LogP contribution is -2.43. The van der Waals surface area contributed by atoms with Crippen molar-refractivity contribution < 1.29 is 9.53 Å². The number of hydrogen-bond donors (Lipinski definition) is 1. The smallest absolute Gasteiger partial charge is 0.261 e. The molecule has 0 bridgehead atoms. The van der Waals surface area contributed by atoms with Crippen LogP contribution in [0.5, 0.6) is 5.75 Å². The monoisotopic (exact) mass is 435 g/mol. The lowest BCUT2D eigenvalue weighted by Gasteiger charge is -2.37. The molecule has 3 heterocycles. The number of benzene rings is 1. The highest BCUT2D eigenvalue weighted by atomic mass is 32.1. The Bertz CT molecular complexity index is 991. The summed E-state index contributed by atoms with van der Waals surface area (Å²) in [5.41, 5.74) is 3.29. The molecule has 31 heavy (non-hydrogen) atoms. The minimum absolute atomic E-state index is 0.0249. The predicted octanol–water partition coefficient (Wildman–Crippen LogP) is 4.84. The van der Waals surface area contributed by atoms with Crippen LogP contribution in [0.3, 0.4) is 0 Å². The quantitative estimate of drug-likeness (QED) is 0.577. The van der Waals surface area contributed by atoms with E-state index in [9.17, 15) is 4.79 Å². The third kappa shape index (κ3) is 5.14. The third-order valence-electron chi connectivity index (χ3n) is 5.94. The first-order valence-electron chi connectivity index (χ1n) is 10.8. The molecule has 5 nitrogen and oxygen atoms in total. The molecule has 1 aliphatic heterocycles. The molecular weight excluding hydrogens is 406 g/mol. The number of carbonyl (C=O) groups excluding carboxylic acids is 1. The molecule has 1 saturated heterocycles. The number of rotatable bonds is 7. The van der Waals surface area contributed by atoms with Crippen LogP contribution in [0.2, 0.25) is 0 Å². The van der Waals surface area contributed by atoms with Crippen LogP contribution in [0, 0.1) is 12.8 Å². The first-order chi connectivity index (χ1) is 15.2. The van der Waals surface area contributed by atoms with Crippen LogP contribution in [0.25, 0.3) is 0 Å². The van der Waals surface area contributed by atoms with Crippen LogP contribution < -0.4 is 10.1 Å². The molecule has 0 radical (unpaired) electrons. The number of thiophene rings is 1. The molecule has 2 unspecified atom stereocenters. The minimum atomic E-state index is -0.113. The van der Waals surface area contributed by atoms with E-state index in [0.717, 1.165) is 54.4 Å². The molecule has 4 rings (SSSR count). The van der Waals surface area contributed by atoms with Crippen LogP contribution >= 0.6 is 11.3 Å². The van der Waals surface area contributed by atoms with Gasteiger partial charge < -0.3 is 10.1 Å². The second kappa shape index (κ2) is 10.1. The second-order valence-corrected chi connectivity index (χ2v) is 9.04. The van der Waals surface area contributed by atoms with E-state index in [2.05, 4.69) is 40.3 Å². The summed E-state index contributed by atoms with van der Waals surface area (Å²) in [5.74, 6) is 1.24. The van der Waals surface area contributed by atoms with Gasteiger partial charge >= 0.3 is 0 Å². The number of methoxy groups -OCH3 is 1. The number of pyridine rings is 1. The molecule has 3 aromatic rings. The predicted molar refractivity (Wildman–Crippen MR) is 124 cm³/mol. The Morgan fingerprint density at radius 1 is 1.26 bits per heavy atom. The molecule has 0 saturated carbocycles. The van der Waals surface area contributed by atoms with Gasteiger partial charge in [0.05, 0.1) is 23.7 Å². The summed E-state index contributed by atoms with van der Waals surface area (Å²) in [6, 6.07) is 15.9. The van der Waals surface area contributed by atoms with Crippen molar-refractivity contribution in [3.8, 4) is 5.75 Å². The van der Waals surface area contributed by atoms with Gasteiger partial charge in [0.25, 0.3) is 5.91 Å². The molecule has 1 N–H and O–H groups in total. The molecule has 1 aromatic carbocycles. The number of amides is 1. The van der Waals surface area contributed by atoms with E-state index in [1.807, 2.05) is 35.7 Å². The van der Waals surface area contributed by atoms with E-state index in [0.29, 0.717) is 5.92 Å². The summed E-state index contributed by atoms with van der Waals surface area (Å²) in [4.78, 5) is 20.7. The Morgan fingerprint density at radius 2 is 2.16 bits per heavy atom. The topological polar surface area (TPSA) is 54.5 Å². The van der Waals surface area contributed by atoms with Crippen molar-refractivity contribution in [1.29, 1.82) is 0 Å². The summed E-state index contributed by atoms with van der Waals surface area (Å²) in [5, 5.41) is 5.21. The zero-order valence-corrected chi connectivity index (χ0v) is 18.9. The maximum atomic E-state index is 12.9. The second-order valence-electron chi connectivity index (χ2n) is 8.09. The molecule has 1 fully saturated rings. The molecule has 0 spiro atoms. The van der Waals surface area contributed by atoms with Crippen molar-refractivity contribution in [1.82, 2.24) is 15.2 Å². The number of ether oxygens (including phenoxy) is 1. The molecule has 6 heteroatoms. The SMILES string of the molecule is COc1c(C)cccc1CN1CCCC(C(NC(=O)c2cccs2)c2ccccn2)C1. The van der Waals surface area contributed by atoms with Crippen molar-refractivity contribution in [2.24, 2.45) is 5.92 Å². The van der Waals surface area contributed by atoms with E-state index in [1.165, 1.54) is 16.9 Å². The first kappa shape index (κ1) is 21.5. The van der Waals surface area contributed by atoms with Crippen LogP contribution in [-0.4, -0.2) is 36.0 Å². The number of aromatic nitrogens is 1. The fraction of sp³-hybridized carbons (Fsp3) is 0.360. The maximum absolute atomic E-state index is 12.9. The van der Waals surface area contributed by atoms with Gasteiger partial charge in [0.2, 0.25) is 0 Å². The van der Waals surface area contributed by atoms with Crippen molar-refractivity contribution in [3.63, 3.8) is 0 Å².